The van der Waals surface area contributed by atoms with Crippen LogP contribution in [0.25, 0.3) is 0 Å². The van der Waals surface area contributed by atoms with Crippen molar-refractivity contribution in [3.63, 3.8) is 0 Å². The summed E-state index contributed by atoms with van der Waals surface area (Å²) in [6, 6.07) is 3.58. The van der Waals surface area contributed by atoms with Crippen LogP contribution in [0.5, 0.6) is 0 Å². The fourth-order valence-corrected chi connectivity index (χ4v) is 1.64. The van der Waals surface area contributed by atoms with Crippen LogP contribution in [0.2, 0.25) is 0 Å². The number of aromatic nitrogens is 2. The first-order valence-electron chi connectivity index (χ1n) is 5.35. The van der Waals surface area contributed by atoms with E-state index in [0.29, 0.717) is 5.82 Å². The van der Waals surface area contributed by atoms with Crippen LogP contribution in [0, 0.1) is 12.8 Å². The molecule has 5 nitrogen and oxygen atoms in total. The van der Waals surface area contributed by atoms with E-state index < -0.39 is 0 Å². The Hall–Kier alpha value is -1.78. The Labute approximate surface area is 94.2 Å². The molecule has 1 unspecified atom stereocenters. The second-order valence-corrected chi connectivity index (χ2v) is 3.85. The van der Waals surface area contributed by atoms with Gasteiger partial charge in [0.25, 0.3) is 5.91 Å². The lowest BCUT2D eigenvalue weighted by molar-refractivity contribution is -0.119. The number of anilines is 1. The van der Waals surface area contributed by atoms with Crippen LogP contribution in [0.4, 0.5) is 5.82 Å². The molecule has 1 aliphatic rings. The quantitative estimate of drug-likeness (QED) is 0.756. The average molecular weight is 218 g/mol. The van der Waals surface area contributed by atoms with Crippen molar-refractivity contribution >= 4 is 17.4 Å². The van der Waals surface area contributed by atoms with Gasteiger partial charge in [-0.1, -0.05) is 6.92 Å². The number of carbonyl (C=O) groups excluding carboxylic acids is 1. The highest BCUT2D eigenvalue weighted by molar-refractivity contribution is 6.14. The Morgan fingerprint density at radius 1 is 1.38 bits per heavy atom. The molecule has 84 valence electrons. The summed E-state index contributed by atoms with van der Waals surface area (Å²) in [4.78, 5) is 11.9. The lowest BCUT2D eigenvalue weighted by Crippen LogP contribution is -2.26. The molecular weight excluding hydrogens is 204 g/mol. The number of hydrogen-bond donors (Lipinski definition) is 0. The van der Waals surface area contributed by atoms with Crippen LogP contribution in [0.3, 0.4) is 0 Å². The first kappa shape index (κ1) is 10.7. The number of hydrazone groups is 1. The molecule has 0 radical (unpaired) electrons. The minimum absolute atomic E-state index is 0.0324. The number of aryl methyl sites for hydroxylation is 1. The van der Waals surface area contributed by atoms with E-state index in [2.05, 4.69) is 15.3 Å². The Morgan fingerprint density at radius 3 is 2.62 bits per heavy atom. The molecule has 1 amide bonds. The Morgan fingerprint density at radius 2 is 2.12 bits per heavy atom. The summed E-state index contributed by atoms with van der Waals surface area (Å²) in [6.45, 7) is 5.71. The molecule has 2 rings (SSSR count). The van der Waals surface area contributed by atoms with Gasteiger partial charge in [0.05, 0.1) is 17.3 Å². The highest BCUT2D eigenvalue weighted by atomic mass is 16.2. The standard InChI is InChI=1S/C11H14N4O/c1-4-9-8(3)11(16)15(14-9)10-6-5-7(2)12-13-10/h5-6,8H,4H2,1-3H3. The van der Waals surface area contributed by atoms with Crippen molar-refractivity contribution in [2.24, 2.45) is 11.0 Å². The molecule has 0 aromatic carbocycles. The number of hydrogen-bond acceptors (Lipinski definition) is 4. The molecule has 1 aliphatic heterocycles. The van der Waals surface area contributed by atoms with Gasteiger partial charge in [0.1, 0.15) is 0 Å². The van der Waals surface area contributed by atoms with Crippen molar-refractivity contribution in [2.75, 3.05) is 5.01 Å². The van der Waals surface area contributed by atoms with E-state index in [4.69, 9.17) is 0 Å². The van der Waals surface area contributed by atoms with Gasteiger partial charge in [-0.3, -0.25) is 4.79 Å². The average Bonchev–Trinajstić information content (AvgIpc) is 2.57. The molecular formula is C11H14N4O. The van der Waals surface area contributed by atoms with Crippen molar-refractivity contribution in [1.82, 2.24) is 10.2 Å². The molecule has 0 aliphatic carbocycles. The van der Waals surface area contributed by atoms with E-state index in [0.717, 1.165) is 17.8 Å². The van der Waals surface area contributed by atoms with Gasteiger partial charge in [-0.05, 0) is 32.4 Å². The summed E-state index contributed by atoms with van der Waals surface area (Å²) in [5, 5.41) is 13.5. The monoisotopic (exact) mass is 218 g/mol. The van der Waals surface area contributed by atoms with Gasteiger partial charge in [0, 0.05) is 0 Å². The lowest BCUT2D eigenvalue weighted by Gasteiger charge is -2.10. The van der Waals surface area contributed by atoms with Crippen LogP contribution < -0.4 is 5.01 Å². The highest BCUT2D eigenvalue weighted by Crippen LogP contribution is 2.22. The minimum Gasteiger partial charge on any atom is -0.272 e. The highest BCUT2D eigenvalue weighted by Gasteiger charge is 2.32. The van der Waals surface area contributed by atoms with Gasteiger partial charge < -0.3 is 0 Å². The van der Waals surface area contributed by atoms with Crippen LogP contribution in [-0.4, -0.2) is 21.8 Å². The maximum atomic E-state index is 11.9. The van der Waals surface area contributed by atoms with E-state index in [1.54, 1.807) is 6.07 Å². The van der Waals surface area contributed by atoms with Crippen LogP contribution in [-0.2, 0) is 4.79 Å². The molecule has 0 saturated carbocycles. The maximum absolute atomic E-state index is 11.9. The molecule has 0 bridgehead atoms. The van der Waals surface area contributed by atoms with E-state index in [1.807, 2.05) is 26.8 Å². The van der Waals surface area contributed by atoms with E-state index in [1.165, 1.54) is 5.01 Å². The van der Waals surface area contributed by atoms with Crippen LogP contribution in [0.15, 0.2) is 17.2 Å². The zero-order chi connectivity index (χ0) is 11.7. The summed E-state index contributed by atoms with van der Waals surface area (Å²) in [5.74, 6) is 0.314. The van der Waals surface area contributed by atoms with Crippen molar-refractivity contribution in [3.05, 3.63) is 17.8 Å². The second kappa shape index (κ2) is 4.00. The van der Waals surface area contributed by atoms with Crippen molar-refractivity contribution < 1.29 is 4.79 Å². The third kappa shape index (κ3) is 1.68. The number of nitrogens with zero attached hydrogens (tertiary/aromatic N) is 4. The zero-order valence-corrected chi connectivity index (χ0v) is 9.64. The molecule has 2 heterocycles. The minimum atomic E-state index is -0.145. The summed E-state index contributed by atoms with van der Waals surface area (Å²) >= 11 is 0. The fraction of sp³-hybridized carbons (Fsp3) is 0.455. The smallest absolute Gasteiger partial charge is 0.257 e. The van der Waals surface area contributed by atoms with E-state index in [-0.39, 0.29) is 11.8 Å². The topological polar surface area (TPSA) is 58.5 Å². The van der Waals surface area contributed by atoms with Gasteiger partial charge in [-0.25, -0.2) is 0 Å². The van der Waals surface area contributed by atoms with Crippen molar-refractivity contribution in [1.29, 1.82) is 0 Å². The van der Waals surface area contributed by atoms with Gasteiger partial charge in [-0.15, -0.1) is 5.10 Å². The van der Waals surface area contributed by atoms with Crippen molar-refractivity contribution in [3.8, 4) is 0 Å². The molecule has 0 fully saturated rings. The predicted molar refractivity (Wildman–Crippen MR) is 61.1 cm³/mol. The Bertz CT molecular complexity index is 438. The summed E-state index contributed by atoms with van der Waals surface area (Å²) in [7, 11) is 0. The van der Waals surface area contributed by atoms with Crippen molar-refractivity contribution in [2.45, 2.75) is 27.2 Å². The summed E-state index contributed by atoms with van der Waals surface area (Å²) < 4.78 is 0. The Kier molecular flexibility index (Phi) is 2.68. The third-order valence-electron chi connectivity index (χ3n) is 2.67. The summed E-state index contributed by atoms with van der Waals surface area (Å²) in [5.41, 5.74) is 1.72. The SMILES string of the molecule is CCC1=NN(c2ccc(C)nn2)C(=O)C1C. The molecule has 1 aromatic heterocycles. The number of carbonyl (C=O) groups is 1. The van der Waals surface area contributed by atoms with Crippen LogP contribution in [0.1, 0.15) is 26.0 Å². The van der Waals surface area contributed by atoms with Gasteiger partial charge in [0.15, 0.2) is 5.82 Å². The third-order valence-corrected chi connectivity index (χ3v) is 2.67. The largest absolute Gasteiger partial charge is 0.272 e. The normalized spacial score (nSPS) is 20.2. The fourth-order valence-electron chi connectivity index (χ4n) is 1.64. The van der Waals surface area contributed by atoms with Gasteiger partial charge >= 0.3 is 0 Å². The molecule has 0 saturated heterocycles. The van der Waals surface area contributed by atoms with Gasteiger partial charge in [-0.2, -0.15) is 15.2 Å². The summed E-state index contributed by atoms with van der Waals surface area (Å²) in [6.07, 6.45) is 0.780. The molecule has 0 N–H and O–H groups in total. The molecule has 1 aromatic rings. The first-order chi connectivity index (χ1) is 7.63. The Balaban J connectivity index is 2.32. The molecule has 1 atom stereocenters. The van der Waals surface area contributed by atoms with Crippen LogP contribution >= 0.6 is 0 Å². The van der Waals surface area contributed by atoms with Gasteiger partial charge in [0.2, 0.25) is 0 Å². The number of rotatable bonds is 2. The second-order valence-electron chi connectivity index (χ2n) is 3.85. The number of amides is 1. The first-order valence-corrected chi connectivity index (χ1v) is 5.35. The maximum Gasteiger partial charge on any atom is 0.257 e. The molecule has 5 heteroatoms. The molecule has 0 spiro atoms. The molecule has 16 heavy (non-hydrogen) atoms. The lowest BCUT2D eigenvalue weighted by atomic mass is 10.0. The predicted octanol–water partition coefficient (Wildman–Crippen LogP) is 1.53. The van der Waals surface area contributed by atoms with E-state index >= 15 is 0 Å². The zero-order valence-electron chi connectivity index (χ0n) is 9.64. The van der Waals surface area contributed by atoms with E-state index in [9.17, 15) is 4.79 Å².